The number of aryl methyl sites for hydroxylation is 1. The number of aliphatic hydroxyl groups excluding tert-OH is 3. The van der Waals surface area contributed by atoms with Crippen LogP contribution in [0.4, 0.5) is 5.95 Å². The first kappa shape index (κ1) is 22.6. The molecule has 164 valence electrons. The van der Waals surface area contributed by atoms with Crippen LogP contribution in [0.3, 0.4) is 0 Å². The van der Waals surface area contributed by atoms with Crippen LogP contribution in [0.2, 0.25) is 5.02 Å². The second-order valence-electron chi connectivity index (χ2n) is 6.84. The number of hydrogen-bond acceptors (Lipinski definition) is 8. The highest BCUT2D eigenvalue weighted by molar-refractivity contribution is 6.30. The van der Waals surface area contributed by atoms with Crippen LogP contribution in [0.25, 0.3) is 5.82 Å². The molecule has 1 aromatic carbocycles. The van der Waals surface area contributed by atoms with Gasteiger partial charge in [-0.2, -0.15) is 4.98 Å². The molecular weight excluding hydrogens is 424 g/mol. The summed E-state index contributed by atoms with van der Waals surface area (Å²) in [6, 6.07) is 5.65. The van der Waals surface area contributed by atoms with E-state index in [2.05, 4.69) is 25.6 Å². The van der Waals surface area contributed by atoms with Crippen LogP contribution in [0.15, 0.2) is 43.0 Å². The molecule has 1 atom stereocenters. The first-order chi connectivity index (χ1) is 14.9. The van der Waals surface area contributed by atoms with E-state index in [4.69, 9.17) is 11.6 Å². The number of anilines is 1. The lowest BCUT2D eigenvalue weighted by Crippen LogP contribution is -2.31. The quantitative estimate of drug-likeness (QED) is 0.325. The monoisotopic (exact) mass is 446 g/mol. The van der Waals surface area contributed by atoms with Gasteiger partial charge in [-0.15, -0.1) is 0 Å². The molecule has 0 saturated heterocycles. The Balaban J connectivity index is 1.78. The number of aromatic nitrogens is 4. The van der Waals surface area contributed by atoms with E-state index in [1.165, 1.54) is 12.5 Å². The molecule has 0 aliphatic heterocycles. The third-order valence-electron chi connectivity index (χ3n) is 4.52. The number of benzene rings is 1. The molecule has 0 bridgehead atoms. The van der Waals surface area contributed by atoms with Crippen molar-refractivity contribution < 1.29 is 20.1 Å². The zero-order valence-corrected chi connectivity index (χ0v) is 17.5. The number of carbonyl (C=O) groups excluding carboxylic acids is 1. The van der Waals surface area contributed by atoms with Gasteiger partial charge in [0.1, 0.15) is 17.8 Å². The summed E-state index contributed by atoms with van der Waals surface area (Å²) in [5.74, 6) is 0.227. The third kappa shape index (κ3) is 5.56. The van der Waals surface area contributed by atoms with E-state index in [0.29, 0.717) is 16.4 Å². The maximum atomic E-state index is 12.7. The van der Waals surface area contributed by atoms with Gasteiger partial charge in [-0.05, 0) is 24.6 Å². The topological polar surface area (TPSA) is 145 Å². The highest BCUT2D eigenvalue weighted by Crippen LogP contribution is 2.18. The van der Waals surface area contributed by atoms with Crippen molar-refractivity contribution in [2.45, 2.75) is 19.0 Å². The Labute approximate surface area is 183 Å². The smallest absolute Gasteiger partial charge is 0.272 e. The normalized spacial score (nSPS) is 12.1. The fourth-order valence-electron chi connectivity index (χ4n) is 2.84. The third-order valence-corrected chi connectivity index (χ3v) is 4.75. The van der Waals surface area contributed by atoms with Crippen molar-refractivity contribution in [1.29, 1.82) is 0 Å². The molecule has 5 N–H and O–H groups in total. The van der Waals surface area contributed by atoms with Crippen molar-refractivity contribution in [1.82, 2.24) is 24.8 Å². The first-order valence-electron chi connectivity index (χ1n) is 9.48. The molecule has 0 aliphatic carbocycles. The summed E-state index contributed by atoms with van der Waals surface area (Å²) in [5.41, 5.74) is 1.54. The van der Waals surface area contributed by atoms with Crippen molar-refractivity contribution in [3.63, 3.8) is 0 Å². The molecule has 0 radical (unpaired) electrons. The summed E-state index contributed by atoms with van der Waals surface area (Å²) >= 11 is 5.99. The Kier molecular flexibility index (Phi) is 7.53. The van der Waals surface area contributed by atoms with Crippen LogP contribution < -0.4 is 10.6 Å². The van der Waals surface area contributed by atoms with Crippen LogP contribution in [-0.2, 0) is 0 Å². The molecule has 2 heterocycles. The van der Waals surface area contributed by atoms with Gasteiger partial charge in [0.25, 0.3) is 5.91 Å². The van der Waals surface area contributed by atoms with E-state index in [0.717, 1.165) is 5.56 Å². The van der Waals surface area contributed by atoms with E-state index in [9.17, 15) is 20.1 Å². The van der Waals surface area contributed by atoms with Crippen LogP contribution in [0.1, 0.15) is 27.7 Å². The molecule has 10 nitrogen and oxygen atoms in total. The van der Waals surface area contributed by atoms with Crippen molar-refractivity contribution in [2.24, 2.45) is 0 Å². The summed E-state index contributed by atoms with van der Waals surface area (Å²) < 4.78 is 1.57. The summed E-state index contributed by atoms with van der Waals surface area (Å²) in [5, 5.41) is 34.2. The Bertz CT molecular complexity index is 1040. The maximum absolute atomic E-state index is 12.7. The molecule has 1 amide bonds. The van der Waals surface area contributed by atoms with E-state index >= 15 is 0 Å². The predicted octanol–water partition coefficient (Wildman–Crippen LogP) is 0.853. The van der Waals surface area contributed by atoms with Crippen molar-refractivity contribution in [3.8, 4) is 5.82 Å². The number of halogens is 1. The van der Waals surface area contributed by atoms with Gasteiger partial charge in [0.15, 0.2) is 0 Å². The minimum atomic E-state index is -0.637. The summed E-state index contributed by atoms with van der Waals surface area (Å²) in [7, 11) is 0. The zero-order valence-electron chi connectivity index (χ0n) is 16.7. The molecule has 1 unspecified atom stereocenters. The van der Waals surface area contributed by atoms with Gasteiger partial charge in [0.2, 0.25) is 5.95 Å². The van der Waals surface area contributed by atoms with E-state index in [1.807, 2.05) is 0 Å². The average Bonchev–Trinajstić information content (AvgIpc) is 3.27. The van der Waals surface area contributed by atoms with Crippen LogP contribution >= 0.6 is 11.6 Å². The van der Waals surface area contributed by atoms with Gasteiger partial charge < -0.3 is 26.0 Å². The number of nitrogens with one attached hydrogen (secondary N) is 2. The molecule has 11 heteroatoms. The summed E-state index contributed by atoms with van der Waals surface area (Å²) in [6.45, 7) is 0.938. The molecule has 2 aromatic heterocycles. The Morgan fingerprint density at radius 2 is 1.97 bits per heavy atom. The predicted molar refractivity (Wildman–Crippen MR) is 114 cm³/mol. The Morgan fingerprint density at radius 1 is 1.19 bits per heavy atom. The van der Waals surface area contributed by atoms with Crippen molar-refractivity contribution in [3.05, 3.63) is 64.8 Å². The highest BCUT2D eigenvalue weighted by atomic mass is 35.5. The second kappa shape index (κ2) is 10.3. The van der Waals surface area contributed by atoms with Crippen LogP contribution in [-0.4, -0.2) is 66.6 Å². The van der Waals surface area contributed by atoms with Gasteiger partial charge in [0.05, 0.1) is 31.9 Å². The van der Waals surface area contributed by atoms with Crippen molar-refractivity contribution >= 4 is 23.5 Å². The van der Waals surface area contributed by atoms with Crippen molar-refractivity contribution in [2.75, 3.05) is 25.1 Å². The summed E-state index contributed by atoms with van der Waals surface area (Å²) in [6.07, 6.45) is 4.53. The lowest BCUT2D eigenvalue weighted by atomic mass is 10.1. The number of carbonyl (C=O) groups is 1. The van der Waals surface area contributed by atoms with Gasteiger partial charge in [-0.25, -0.2) is 9.97 Å². The molecule has 3 rings (SSSR count). The van der Waals surface area contributed by atoms with Gasteiger partial charge in [0, 0.05) is 23.0 Å². The molecule has 31 heavy (non-hydrogen) atoms. The first-order valence-corrected chi connectivity index (χ1v) is 9.86. The number of imidazole rings is 1. The Hall–Kier alpha value is -3.05. The number of nitrogens with zero attached hydrogens (tertiary/aromatic N) is 4. The minimum absolute atomic E-state index is 0.136. The van der Waals surface area contributed by atoms with Gasteiger partial charge in [-0.1, -0.05) is 23.7 Å². The molecule has 3 aromatic rings. The van der Waals surface area contributed by atoms with E-state index < -0.39 is 18.0 Å². The minimum Gasteiger partial charge on any atom is -0.394 e. The summed E-state index contributed by atoms with van der Waals surface area (Å²) in [4.78, 5) is 25.3. The molecule has 0 spiro atoms. The standard InChI is InChI=1S/C20H23ClN6O4/c1-12-6-22-20(24-15(8-28)9-29)26-18(12)27-7-16(23-11-27)19(31)25-17(10-30)13-3-2-4-14(21)5-13/h2-7,11,15,17,28-30H,8-10H2,1H3,(H,25,31)(H,22,24,26). The lowest BCUT2D eigenvalue weighted by molar-refractivity contribution is 0.0911. The number of amides is 1. The van der Waals surface area contributed by atoms with Gasteiger partial charge in [-0.3, -0.25) is 9.36 Å². The largest absolute Gasteiger partial charge is 0.394 e. The van der Waals surface area contributed by atoms with E-state index in [1.54, 1.807) is 42.0 Å². The Morgan fingerprint density at radius 3 is 2.65 bits per heavy atom. The van der Waals surface area contributed by atoms with E-state index in [-0.39, 0.29) is 31.5 Å². The number of rotatable bonds is 9. The number of hydrogen-bond donors (Lipinski definition) is 5. The lowest BCUT2D eigenvalue weighted by Gasteiger charge is -2.16. The average molecular weight is 447 g/mol. The van der Waals surface area contributed by atoms with Gasteiger partial charge >= 0.3 is 0 Å². The van der Waals surface area contributed by atoms with Crippen LogP contribution in [0.5, 0.6) is 0 Å². The second-order valence-corrected chi connectivity index (χ2v) is 7.27. The molecule has 0 fully saturated rings. The maximum Gasteiger partial charge on any atom is 0.272 e. The molecule has 0 aliphatic rings. The fourth-order valence-corrected chi connectivity index (χ4v) is 3.04. The number of aliphatic hydroxyl groups is 3. The van der Waals surface area contributed by atoms with Crippen LogP contribution in [0, 0.1) is 6.92 Å². The highest BCUT2D eigenvalue weighted by Gasteiger charge is 2.18. The molecular formula is C20H23ClN6O4. The zero-order chi connectivity index (χ0) is 22.4. The SMILES string of the molecule is Cc1cnc(NC(CO)CO)nc1-n1cnc(C(=O)NC(CO)c2cccc(Cl)c2)c1. The molecule has 0 saturated carbocycles. The fraction of sp³-hybridized carbons (Fsp3) is 0.300.